The lowest BCUT2D eigenvalue weighted by atomic mass is 10.00. The zero-order chi connectivity index (χ0) is 11.4. The van der Waals surface area contributed by atoms with Crippen LogP contribution in [0.15, 0.2) is 24.3 Å². The van der Waals surface area contributed by atoms with Gasteiger partial charge in [-0.05, 0) is 12.5 Å². The molecule has 0 saturated carbocycles. The zero-order valence-corrected chi connectivity index (χ0v) is 8.88. The zero-order valence-electron chi connectivity index (χ0n) is 8.88. The third-order valence-corrected chi connectivity index (χ3v) is 2.47. The molecule has 0 heterocycles. The Balaban J connectivity index is 2.87. The molecule has 0 saturated heterocycles. The molecule has 1 aromatic rings. The molecule has 4 heteroatoms. The van der Waals surface area contributed by atoms with Gasteiger partial charge in [-0.3, -0.25) is 10.1 Å². The largest absolute Gasteiger partial charge is 0.381 e. The van der Waals surface area contributed by atoms with E-state index < -0.39 is 17.1 Å². The lowest BCUT2D eigenvalue weighted by Crippen LogP contribution is -2.26. The molecule has 0 aliphatic heterocycles. The quantitative estimate of drug-likeness (QED) is 0.610. The Morgan fingerprint density at radius 2 is 1.93 bits per heavy atom. The second kappa shape index (κ2) is 4.89. The maximum atomic E-state index is 10.7. The van der Waals surface area contributed by atoms with Gasteiger partial charge in [-0.2, -0.15) is 0 Å². The maximum Gasteiger partial charge on any atom is 0.242 e. The summed E-state index contributed by atoms with van der Waals surface area (Å²) in [6, 6.07) is 6.21. The molecule has 2 atom stereocenters. The predicted molar refractivity (Wildman–Crippen MR) is 57.2 cm³/mol. The molecule has 82 valence electrons. The SMILES string of the molecule is CC[C@H]([C@@H](O)c1ccc(C)cc1)[N+](=O)[O-]. The summed E-state index contributed by atoms with van der Waals surface area (Å²) < 4.78 is 0. The Morgan fingerprint density at radius 1 is 1.40 bits per heavy atom. The minimum absolute atomic E-state index is 0.321. The van der Waals surface area contributed by atoms with E-state index in [0.29, 0.717) is 12.0 Å². The van der Waals surface area contributed by atoms with Gasteiger partial charge < -0.3 is 5.11 Å². The Labute approximate surface area is 88.7 Å². The summed E-state index contributed by atoms with van der Waals surface area (Å²) in [5.74, 6) is 0. The predicted octanol–water partition coefficient (Wildman–Crippen LogP) is 2.08. The topological polar surface area (TPSA) is 63.4 Å². The summed E-state index contributed by atoms with van der Waals surface area (Å²) in [5, 5.41) is 20.5. The van der Waals surface area contributed by atoms with Crippen molar-refractivity contribution >= 4 is 0 Å². The second-order valence-electron chi connectivity index (χ2n) is 3.62. The third kappa shape index (κ3) is 2.76. The van der Waals surface area contributed by atoms with Crippen molar-refractivity contribution in [1.29, 1.82) is 0 Å². The molecule has 15 heavy (non-hydrogen) atoms. The molecule has 0 aliphatic carbocycles. The Kier molecular flexibility index (Phi) is 3.80. The third-order valence-electron chi connectivity index (χ3n) is 2.47. The fraction of sp³-hybridized carbons (Fsp3) is 0.455. The van der Waals surface area contributed by atoms with Crippen LogP contribution in [-0.4, -0.2) is 16.1 Å². The second-order valence-corrected chi connectivity index (χ2v) is 3.62. The van der Waals surface area contributed by atoms with Gasteiger partial charge in [0.25, 0.3) is 0 Å². The molecule has 0 radical (unpaired) electrons. The minimum atomic E-state index is -1.02. The normalized spacial score (nSPS) is 14.6. The van der Waals surface area contributed by atoms with E-state index in [-0.39, 0.29) is 0 Å². The first-order valence-corrected chi connectivity index (χ1v) is 4.94. The van der Waals surface area contributed by atoms with Crippen LogP contribution in [0.2, 0.25) is 0 Å². The van der Waals surface area contributed by atoms with Crippen molar-refractivity contribution in [1.82, 2.24) is 0 Å². The average Bonchev–Trinajstić information content (AvgIpc) is 2.19. The lowest BCUT2D eigenvalue weighted by Gasteiger charge is -2.14. The number of aliphatic hydroxyl groups is 1. The number of hydrogen-bond acceptors (Lipinski definition) is 3. The van der Waals surface area contributed by atoms with Crippen LogP contribution in [0.3, 0.4) is 0 Å². The molecule has 0 unspecified atom stereocenters. The smallest absolute Gasteiger partial charge is 0.242 e. The van der Waals surface area contributed by atoms with E-state index in [1.54, 1.807) is 19.1 Å². The van der Waals surface area contributed by atoms with Crippen LogP contribution in [0.4, 0.5) is 0 Å². The van der Waals surface area contributed by atoms with Crippen LogP contribution in [0, 0.1) is 17.0 Å². The van der Waals surface area contributed by atoms with Gasteiger partial charge in [0, 0.05) is 11.3 Å². The van der Waals surface area contributed by atoms with Gasteiger partial charge in [0.05, 0.1) is 0 Å². The van der Waals surface area contributed by atoms with Crippen molar-refractivity contribution in [2.24, 2.45) is 0 Å². The first-order chi connectivity index (χ1) is 7.06. The molecular formula is C11H15NO3. The maximum absolute atomic E-state index is 10.7. The van der Waals surface area contributed by atoms with Gasteiger partial charge in [0.15, 0.2) is 0 Å². The van der Waals surface area contributed by atoms with Crippen molar-refractivity contribution in [2.75, 3.05) is 0 Å². The van der Waals surface area contributed by atoms with Gasteiger partial charge in [0.2, 0.25) is 6.04 Å². The van der Waals surface area contributed by atoms with E-state index in [1.807, 2.05) is 19.1 Å². The Bertz CT molecular complexity index is 334. The molecule has 1 aromatic carbocycles. The summed E-state index contributed by atoms with van der Waals surface area (Å²) >= 11 is 0. The number of aryl methyl sites for hydroxylation is 1. The molecule has 0 fully saturated rings. The summed E-state index contributed by atoms with van der Waals surface area (Å²) in [7, 11) is 0. The number of nitro groups is 1. The average molecular weight is 209 g/mol. The summed E-state index contributed by atoms with van der Waals surface area (Å²) in [5.41, 5.74) is 1.67. The van der Waals surface area contributed by atoms with Crippen molar-refractivity contribution < 1.29 is 10.0 Å². The van der Waals surface area contributed by atoms with Crippen LogP contribution >= 0.6 is 0 Å². The molecule has 1 rings (SSSR count). The van der Waals surface area contributed by atoms with Crippen molar-refractivity contribution in [3.8, 4) is 0 Å². The summed E-state index contributed by atoms with van der Waals surface area (Å²) in [6.07, 6.45) is -0.701. The van der Waals surface area contributed by atoms with Crippen LogP contribution in [-0.2, 0) is 0 Å². The monoisotopic (exact) mass is 209 g/mol. The van der Waals surface area contributed by atoms with Crippen LogP contribution in [0.1, 0.15) is 30.6 Å². The molecule has 0 spiro atoms. The molecule has 0 bridgehead atoms. The highest BCUT2D eigenvalue weighted by Gasteiger charge is 2.28. The van der Waals surface area contributed by atoms with E-state index in [0.717, 1.165) is 5.56 Å². The fourth-order valence-electron chi connectivity index (χ4n) is 1.47. The lowest BCUT2D eigenvalue weighted by molar-refractivity contribution is -0.536. The van der Waals surface area contributed by atoms with Gasteiger partial charge >= 0.3 is 0 Å². The highest BCUT2D eigenvalue weighted by Crippen LogP contribution is 2.21. The highest BCUT2D eigenvalue weighted by molar-refractivity contribution is 5.23. The molecule has 0 aliphatic rings. The van der Waals surface area contributed by atoms with Crippen LogP contribution < -0.4 is 0 Å². The van der Waals surface area contributed by atoms with Crippen LogP contribution in [0.25, 0.3) is 0 Å². The van der Waals surface area contributed by atoms with E-state index in [9.17, 15) is 15.2 Å². The number of benzene rings is 1. The van der Waals surface area contributed by atoms with E-state index in [2.05, 4.69) is 0 Å². The molecule has 0 aromatic heterocycles. The van der Waals surface area contributed by atoms with Crippen molar-refractivity contribution in [2.45, 2.75) is 32.4 Å². The van der Waals surface area contributed by atoms with Gasteiger partial charge in [-0.25, -0.2) is 0 Å². The fourth-order valence-corrected chi connectivity index (χ4v) is 1.47. The van der Waals surface area contributed by atoms with E-state index >= 15 is 0 Å². The standard InChI is InChI=1S/C11H15NO3/c1-3-10(12(14)15)11(13)9-6-4-8(2)5-7-9/h4-7,10-11,13H,3H2,1-2H3/t10-,11+/m1/s1. The number of hydrogen-bond donors (Lipinski definition) is 1. The number of nitrogens with zero attached hydrogens (tertiary/aromatic N) is 1. The van der Waals surface area contributed by atoms with Crippen molar-refractivity contribution in [3.05, 3.63) is 45.5 Å². The molecule has 4 nitrogen and oxygen atoms in total. The molecule has 1 N–H and O–H groups in total. The first kappa shape index (κ1) is 11.7. The van der Waals surface area contributed by atoms with E-state index in [4.69, 9.17) is 0 Å². The summed E-state index contributed by atoms with van der Waals surface area (Å²) in [4.78, 5) is 10.2. The Hall–Kier alpha value is -1.42. The van der Waals surface area contributed by atoms with Crippen LogP contribution in [0.5, 0.6) is 0 Å². The molecule has 0 amide bonds. The minimum Gasteiger partial charge on any atom is -0.381 e. The van der Waals surface area contributed by atoms with Gasteiger partial charge in [-0.15, -0.1) is 0 Å². The van der Waals surface area contributed by atoms with Gasteiger partial charge in [-0.1, -0.05) is 36.8 Å². The van der Waals surface area contributed by atoms with Crippen molar-refractivity contribution in [3.63, 3.8) is 0 Å². The van der Waals surface area contributed by atoms with E-state index in [1.165, 1.54) is 0 Å². The molecular weight excluding hydrogens is 194 g/mol. The highest BCUT2D eigenvalue weighted by atomic mass is 16.6. The summed E-state index contributed by atoms with van der Waals surface area (Å²) in [6.45, 7) is 3.63. The Morgan fingerprint density at radius 3 is 2.33 bits per heavy atom. The number of rotatable bonds is 4. The number of aliphatic hydroxyl groups excluding tert-OH is 1. The van der Waals surface area contributed by atoms with Gasteiger partial charge in [0.1, 0.15) is 6.10 Å². The first-order valence-electron chi connectivity index (χ1n) is 4.94.